The fraction of sp³-hybridized carbons (Fsp3) is 0.182. The fourth-order valence-electron chi connectivity index (χ4n) is 1.07. The Hall–Kier alpha value is -1.60. The Balaban J connectivity index is 2.53. The molecule has 7 heteroatoms. The van der Waals surface area contributed by atoms with Crippen LogP contribution in [0.1, 0.15) is 10.4 Å². The molecule has 1 N–H and O–H groups in total. The number of carbonyl (C=O) groups is 2. The summed E-state index contributed by atoms with van der Waals surface area (Å²) in [5, 5.41) is 12.6. The number of benzene rings is 1. The number of rotatable bonds is 4. The number of amides is 1. The molecule has 0 fully saturated rings. The van der Waals surface area contributed by atoms with Crippen LogP contribution in [0.15, 0.2) is 24.3 Å². The summed E-state index contributed by atoms with van der Waals surface area (Å²) in [4.78, 5) is 21.9. The summed E-state index contributed by atoms with van der Waals surface area (Å²) in [5.74, 6) is -1.28. The van der Waals surface area contributed by atoms with Crippen LogP contribution in [0.2, 0.25) is 0 Å². The number of carboxylic acid groups (broad SMARTS) is 1. The van der Waals surface area contributed by atoms with Gasteiger partial charge in [-0.15, -0.1) is 0 Å². The van der Waals surface area contributed by atoms with Gasteiger partial charge in [0.25, 0.3) is 5.91 Å². The van der Waals surface area contributed by atoms with E-state index in [-0.39, 0.29) is 10.1 Å². The van der Waals surface area contributed by atoms with Gasteiger partial charge in [-0.05, 0) is 24.3 Å². The number of carbonyl (C=O) groups excluding carboxylic acids is 2. The highest BCUT2D eigenvalue weighted by molar-refractivity contribution is 8.23. The van der Waals surface area contributed by atoms with Crippen molar-refractivity contribution in [2.45, 2.75) is 0 Å². The van der Waals surface area contributed by atoms with Crippen molar-refractivity contribution in [1.82, 2.24) is 5.32 Å². The van der Waals surface area contributed by atoms with E-state index in [0.29, 0.717) is 11.3 Å². The molecule has 0 heterocycles. The minimum Gasteiger partial charge on any atom is -0.549 e. The normalized spacial score (nSPS) is 9.61. The van der Waals surface area contributed by atoms with E-state index in [4.69, 9.17) is 17.0 Å². The highest BCUT2D eigenvalue weighted by Gasteiger charge is 2.08. The maximum absolute atomic E-state index is 11.7. The Kier molecular flexibility index (Phi) is 5.60. The van der Waals surface area contributed by atoms with Crippen molar-refractivity contribution in [3.05, 3.63) is 29.8 Å². The number of methoxy groups -OCH3 is 1. The molecular weight excluding hydrogens is 274 g/mol. The minimum absolute atomic E-state index is 0.0972. The molecule has 96 valence electrons. The standard InChI is InChI=1S/C11H11NO4S2/c1-16-8-4-2-7(3-5-8)10(15)12-11(17)18-6-9(13)14/h2-5H,6H2,1H3,(H,13,14)(H,12,15,17)/p-1. The Bertz CT molecular complexity index is 459. The number of thioether (sulfide) groups is 1. The molecule has 0 unspecified atom stereocenters. The number of aliphatic carboxylic acids is 1. The van der Waals surface area contributed by atoms with Crippen molar-refractivity contribution in [1.29, 1.82) is 0 Å². The van der Waals surface area contributed by atoms with Crippen molar-refractivity contribution >= 4 is 40.2 Å². The molecule has 0 bridgehead atoms. The Morgan fingerprint density at radius 1 is 1.39 bits per heavy atom. The van der Waals surface area contributed by atoms with E-state index in [0.717, 1.165) is 11.8 Å². The van der Waals surface area contributed by atoms with Gasteiger partial charge in [-0.3, -0.25) is 4.79 Å². The average molecular weight is 284 g/mol. The van der Waals surface area contributed by atoms with Crippen molar-refractivity contribution in [3.63, 3.8) is 0 Å². The lowest BCUT2D eigenvalue weighted by Gasteiger charge is -2.07. The molecule has 0 aliphatic carbocycles. The second-order valence-corrected chi connectivity index (χ2v) is 4.78. The lowest BCUT2D eigenvalue weighted by atomic mass is 10.2. The molecule has 1 rings (SSSR count). The van der Waals surface area contributed by atoms with Crippen molar-refractivity contribution in [2.24, 2.45) is 0 Å². The Labute approximate surface area is 114 Å². The van der Waals surface area contributed by atoms with E-state index in [1.807, 2.05) is 0 Å². The number of carboxylic acids is 1. The van der Waals surface area contributed by atoms with E-state index >= 15 is 0 Å². The Morgan fingerprint density at radius 2 is 2.00 bits per heavy atom. The van der Waals surface area contributed by atoms with E-state index < -0.39 is 11.9 Å². The number of nitrogens with one attached hydrogen (secondary N) is 1. The summed E-state index contributed by atoms with van der Waals surface area (Å²) in [6.07, 6.45) is 0. The van der Waals surface area contributed by atoms with Crippen LogP contribution in [0, 0.1) is 0 Å². The third-order valence-corrected chi connectivity index (χ3v) is 3.09. The third-order valence-electron chi connectivity index (χ3n) is 1.89. The molecule has 0 spiro atoms. The largest absolute Gasteiger partial charge is 0.549 e. The molecule has 0 saturated carbocycles. The summed E-state index contributed by atoms with van der Waals surface area (Å²) in [7, 11) is 1.53. The van der Waals surface area contributed by atoms with E-state index in [9.17, 15) is 14.7 Å². The van der Waals surface area contributed by atoms with Crippen LogP contribution in [0.4, 0.5) is 0 Å². The fourth-order valence-corrected chi connectivity index (χ4v) is 1.75. The van der Waals surface area contributed by atoms with Gasteiger partial charge >= 0.3 is 0 Å². The predicted molar refractivity (Wildman–Crippen MR) is 70.5 cm³/mol. The molecule has 18 heavy (non-hydrogen) atoms. The van der Waals surface area contributed by atoms with Crippen LogP contribution in [-0.2, 0) is 4.79 Å². The van der Waals surface area contributed by atoms with Crippen LogP contribution in [0.3, 0.4) is 0 Å². The maximum atomic E-state index is 11.7. The lowest BCUT2D eigenvalue weighted by Crippen LogP contribution is -2.30. The van der Waals surface area contributed by atoms with Gasteiger partial charge in [-0.1, -0.05) is 24.0 Å². The third kappa shape index (κ3) is 4.72. The monoisotopic (exact) mass is 284 g/mol. The smallest absolute Gasteiger partial charge is 0.256 e. The van der Waals surface area contributed by atoms with Crippen LogP contribution in [0.25, 0.3) is 0 Å². The molecule has 0 atom stereocenters. The SMILES string of the molecule is COc1ccc(C(=O)NC(=S)SCC(=O)[O-])cc1. The number of hydrogen-bond donors (Lipinski definition) is 1. The summed E-state index contributed by atoms with van der Waals surface area (Å²) in [6.45, 7) is 0. The molecule has 0 aromatic heterocycles. The summed E-state index contributed by atoms with van der Waals surface area (Å²) in [6, 6.07) is 6.46. The summed E-state index contributed by atoms with van der Waals surface area (Å²) in [5.41, 5.74) is 0.409. The highest BCUT2D eigenvalue weighted by Crippen LogP contribution is 2.11. The van der Waals surface area contributed by atoms with E-state index in [1.165, 1.54) is 7.11 Å². The number of hydrogen-bond acceptors (Lipinski definition) is 6. The molecule has 0 saturated heterocycles. The zero-order valence-corrected chi connectivity index (χ0v) is 11.1. The molecule has 1 amide bonds. The van der Waals surface area contributed by atoms with Crippen molar-refractivity contribution in [2.75, 3.05) is 12.9 Å². The zero-order chi connectivity index (χ0) is 13.5. The zero-order valence-electron chi connectivity index (χ0n) is 9.47. The van der Waals surface area contributed by atoms with Crippen LogP contribution >= 0.6 is 24.0 Å². The molecular formula is C11H10NO4S2-. The van der Waals surface area contributed by atoms with Gasteiger partial charge in [0.1, 0.15) is 10.1 Å². The number of thiocarbonyl (C=S) groups is 1. The van der Waals surface area contributed by atoms with Crippen LogP contribution in [0.5, 0.6) is 5.75 Å². The molecule has 5 nitrogen and oxygen atoms in total. The summed E-state index contributed by atoms with van der Waals surface area (Å²) >= 11 is 5.64. The lowest BCUT2D eigenvalue weighted by molar-refractivity contribution is -0.301. The van der Waals surface area contributed by atoms with E-state index in [2.05, 4.69) is 5.32 Å². The van der Waals surface area contributed by atoms with Crippen LogP contribution in [-0.4, -0.2) is 29.1 Å². The molecule has 1 aromatic rings. The van der Waals surface area contributed by atoms with Gasteiger partial charge < -0.3 is 20.0 Å². The second kappa shape index (κ2) is 6.97. The van der Waals surface area contributed by atoms with Crippen LogP contribution < -0.4 is 15.2 Å². The average Bonchev–Trinajstić information content (AvgIpc) is 2.36. The summed E-state index contributed by atoms with van der Waals surface area (Å²) < 4.78 is 5.06. The van der Waals surface area contributed by atoms with Crippen molar-refractivity contribution < 1.29 is 19.4 Å². The first kappa shape index (κ1) is 14.5. The Morgan fingerprint density at radius 3 is 2.50 bits per heavy atom. The first-order chi connectivity index (χ1) is 8.52. The van der Waals surface area contributed by atoms with Gasteiger partial charge in [0.15, 0.2) is 0 Å². The second-order valence-electron chi connectivity index (χ2n) is 3.13. The predicted octanol–water partition coefficient (Wildman–Crippen LogP) is 0.193. The van der Waals surface area contributed by atoms with Gasteiger partial charge in [0.05, 0.1) is 13.1 Å². The highest BCUT2D eigenvalue weighted by atomic mass is 32.2. The quantitative estimate of drug-likeness (QED) is 0.795. The molecule has 0 aliphatic rings. The first-order valence-electron chi connectivity index (χ1n) is 4.85. The topological polar surface area (TPSA) is 78.5 Å². The van der Waals surface area contributed by atoms with Gasteiger partial charge in [-0.25, -0.2) is 0 Å². The van der Waals surface area contributed by atoms with Gasteiger partial charge in [-0.2, -0.15) is 0 Å². The van der Waals surface area contributed by atoms with E-state index in [1.54, 1.807) is 24.3 Å². The first-order valence-corrected chi connectivity index (χ1v) is 6.24. The molecule has 0 aliphatic heterocycles. The number of ether oxygens (including phenoxy) is 1. The molecule has 0 radical (unpaired) electrons. The minimum atomic E-state index is -1.24. The van der Waals surface area contributed by atoms with Gasteiger partial charge in [0.2, 0.25) is 0 Å². The van der Waals surface area contributed by atoms with Gasteiger partial charge in [0, 0.05) is 11.3 Å². The van der Waals surface area contributed by atoms with Crippen molar-refractivity contribution in [3.8, 4) is 5.75 Å². The maximum Gasteiger partial charge on any atom is 0.256 e. The molecule has 1 aromatic carbocycles.